The molecule has 0 unspecified atom stereocenters. The van der Waals surface area contributed by atoms with Crippen LogP contribution in [0.25, 0.3) is 0 Å². The van der Waals surface area contributed by atoms with E-state index < -0.39 is 17.3 Å². The number of hydrogen-bond donors (Lipinski definition) is 0. The smallest absolute Gasteiger partial charge is 0.310 e. The fourth-order valence-electron chi connectivity index (χ4n) is 1.67. The Labute approximate surface area is 111 Å². The number of rotatable bonds is 2. The Morgan fingerprint density at radius 3 is 2.70 bits per heavy atom. The van der Waals surface area contributed by atoms with Crippen molar-refractivity contribution in [3.8, 4) is 6.07 Å². The molecule has 7 heteroatoms. The fraction of sp³-hybridized carbons (Fsp3) is 0.154. The van der Waals surface area contributed by atoms with E-state index >= 15 is 0 Å². The van der Waals surface area contributed by atoms with Crippen LogP contribution in [0, 0.1) is 11.3 Å². The Balaban J connectivity index is 2.44. The average Bonchev–Trinajstić information content (AvgIpc) is 2.40. The largest absolute Gasteiger partial charge is 0.417 e. The first-order chi connectivity index (χ1) is 9.41. The van der Waals surface area contributed by atoms with Crippen molar-refractivity contribution < 1.29 is 13.2 Å². The quantitative estimate of drug-likeness (QED) is 0.846. The molecule has 0 bridgehead atoms. The van der Waals surface area contributed by atoms with Crippen molar-refractivity contribution >= 4 is 0 Å². The van der Waals surface area contributed by atoms with Gasteiger partial charge >= 0.3 is 6.18 Å². The normalized spacial score (nSPS) is 11.1. The Morgan fingerprint density at radius 2 is 2.05 bits per heavy atom. The second kappa shape index (κ2) is 5.17. The van der Waals surface area contributed by atoms with Gasteiger partial charge in [-0.25, -0.2) is 4.98 Å². The van der Waals surface area contributed by atoms with Gasteiger partial charge in [0.25, 0.3) is 5.56 Å². The summed E-state index contributed by atoms with van der Waals surface area (Å²) in [5.74, 6) is 0. The van der Waals surface area contributed by atoms with E-state index in [4.69, 9.17) is 5.26 Å². The maximum Gasteiger partial charge on any atom is 0.417 e. The van der Waals surface area contributed by atoms with Gasteiger partial charge in [-0.3, -0.25) is 4.79 Å². The van der Waals surface area contributed by atoms with Crippen molar-refractivity contribution in [1.29, 1.82) is 5.26 Å². The van der Waals surface area contributed by atoms with Crippen molar-refractivity contribution in [2.24, 2.45) is 0 Å². The second-order valence-electron chi connectivity index (χ2n) is 4.00. The monoisotopic (exact) mass is 279 g/mol. The van der Waals surface area contributed by atoms with Crippen LogP contribution in [0.4, 0.5) is 13.2 Å². The van der Waals surface area contributed by atoms with Gasteiger partial charge in [-0.1, -0.05) is 6.07 Å². The van der Waals surface area contributed by atoms with E-state index in [1.165, 1.54) is 12.3 Å². The summed E-state index contributed by atoms with van der Waals surface area (Å²) in [6, 6.07) is 6.50. The van der Waals surface area contributed by atoms with Gasteiger partial charge in [0.05, 0.1) is 12.1 Å². The third kappa shape index (κ3) is 2.85. The highest BCUT2D eigenvalue weighted by Gasteiger charge is 2.31. The lowest BCUT2D eigenvalue weighted by Gasteiger charge is -2.11. The molecule has 2 aromatic rings. The van der Waals surface area contributed by atoms with E-state index in [-0.39, 0.29) is 12.2 Å². The highest BCUT2D eigenvalue weighted by molar-refractivity contribution is 5.31. The minimum absolute atomic E-state index is 0.0804. The Bertz CT molecular complexity index is 729. The number of nitrogens with zero attached hydrogens (tertiary/aromatic N) is 3. The van der Waals surface area contributed by atoms with Gasteiger partial charge in [0, 0.05) is 24.0 Å². The fourth-order valence-corrected chi connectivity index (χ4v) is 1.67. The van der Waals surface area contributed by atoms with E-state index in [0.717, 1.165) is 22.9 Å². The summed E-state index contributed by atoms with van der Waals surface area (Å²) in [5.41, 5.74) is -1.03. The number of pyridine rings is 2. The molecule has 0 fully saturated rings. The molecule has 0 spiro atoms. The molecule has 0 aliphatic heterocycles. The topological polar surface area (TPSA) is 58.7 Å². The van der Waals surface area contributed by atoms with Gasteiger partial charge in [0.1, 0.15) is 11.8 Å². The molecule has 2 aromatic heterocycles. The lowest BCUT2D eigenvalue weighted by molar-refractivity contribution is -0.138. The van der Waals surface area contributed by atoms with Crippen molar-refractivity contribution in [2.45, 2.75) is 12.7 Å². The lowest BCUT2D eigenvalue weighted by Crippen LogP contribution is -2.22. The van der Waals surface area contributed by atoms with E-state index in [1.807, 2.05) is 6.07 Å². The highest BCUT2D eigenvalue weighted by Crippen LogP contribution is 2.28. The van der Waals surface area contributed by atoms with Gasteiger partial charge in [-0.2, -0.15) is 18.4 Å². The summed E-state index contributed by atoms with van der Waals surface area (Å²) in [6.07, 6.45) is -2.39. The average molecular weight is 279 g/mol. The zero-order valence-corrected chi connectivity index (χ0v) is 10.1. The molecule has 0 aliphatic carbocycles. The summed E-state index contributed by atoms with van der Waals surface area (Å²) < 4.78 is 38.7. The first kappa shape index (κ1) is 13.8. The predicted octanol–water partition coefficient (Wildman–Crippen LogP) is 2.18. The van der Waals surface area contributed by atoms with Gasteiger partial charge in [-0.05, 0) is 12.1 Å². The van der Waals surface area contributed by atoms with Crippen LogP contribution in [-0.2, 0) is 12.7 Å². The summed E-state index contributed by atoms with van der Waals surface area (Å²) in [4.78, 5) is 15.4. The third-order valence-corrected chi connectivity index (χ3v) is 2.65. The summed E-state index contributed by atoms with van der Waals surface area (Å²) in [5, 5.41) is 8.87. The number of halogens is 3. The standard InChI is InChI=1S/C13H8F3N3O/c14-13(15,16)10-3-4-12(20)19(8-10)7-9-2-1-5-18-11(9)6-17/h1-5,8H,7H2. The van der Waals surface area contributed by atoms with Crippen molar-refractivity contribution in [3.63, 3.8) is 0 Å². The SMILES string of the molecule is N#Cc1ncccc1Cn1cc(C(F)(F)F)ccc1=O. The molecule has 20 heavy (non-hydrogen) atoms. The zero-order valence-electron chi connectivity index (χ0n) is 10.1. The number of hydrogen-bond acceptors (Lipinski definition) is 3. The maximum atomic E-state index is 12.6. The molecule has 102 valence electrons. The van der Waals surface area contributed by atoms with Crippen LogP contribution >= 0.6 is 0 Å². The first-order valence-electron chi connectivity index (χ1n) is 5.53. The Morgan fingerprint density at radius 1 is 1.30 bits per heavy atom. The first-order valence-corrected chi connectivity index (χ1v) is 5.53. The van der Waals surface area contributed by atoms with E-state index in [0.29, 0.717) is 5.56 Å². The van der Waals surface area contributed by atoms with Crippen molar-refractivity contribution in [2.75, 3.05) is 0 Å². The summed E-state index contributed by atoms with van der Waals surface area (Å²) >= 11 is 0. The minimum atomic E-state index is -4.53. The van der Waals surface area contributed by atoms with Gasteiger partial charge in [0.2, 0.25) is 0 Å². The predicted molar refractivity (Wildman–Crippen MR) is 63.8 cm³/mol. The molecule has 2 heterocycles. The van der Waals surface area contributed by atoms with E-state index in [2.05, 4.69) is 4.98 Å². The molecule has 0 saturated heterocycles. The molecule has 0 atom stereocenters. The molecule has 4 nitrogen and oxygen atoms in total. The Hall–Kier alpha value is -2.62. The van der Waals surface area contributed by atoms with Gasteiger partial charge in [-0.15, -0.1) is 0 Å². The van der Waals surface area contributed by atoms with Crippen LogP contribution in [0.2, 0.25) is 0 Å². The maximum absolute atomic E-state index is 12.6. The van der Waals surface area contributed by atoms with Gasteiger partial charge in [0.15, 0.2) is 0 Å². The molecule has 2 rings (SSSR count). The number of nitriles is 1. The third-order valence-electron chi connectivity index (χ3n) is 2.65. The van der Waals surface area contributed by atoms with Crippen LogP contribution in [0.1, 0.15) is 16.8 Å². The zero-order chi connectivity index (χ0) is 14.8. The van der Waals surface area contributed by atoms with Crippen LogP contribution in [-0.4, -0.2) is 9.55 Å². The molecule has 0 aliphatic rings. The highest BCUT2D eigenvalue weighted by atomic mass is 19.4. The lowest BCUT2D eigenvalue weighted by atomic mass is 10.2. The van der Waals surface area contributed by atoms with Crippen LogP contribution in [0.3, 0.4) is 0 Å². The summed E-state index contributed by atoms with van der Waals surface area (Å²) in [6.45, 7) is -0.139. The molecule has 0 aromatic carbocycles. The van der Waals surface area contributed by atoms with Crippen molar-refractivity contribution in [1.82, 2.24) is 9.55 Å². The minimum Gasteiger partial charge on any atom is -0.310 e. The molecular formula is C13H8F3N3O. The van der Waals surface area contributed by atoms with Crippen LogP contribution in [0.15, 0.2) is 41.5 Å². The Kier molecular flexibility index (Phi) is 3.57. The number of alkyl halides is 3. The van der Waals surface area contributed by atoms with Gasteiger partial charge < -0.3 is 4.57 Å². The molecular weight excluding hydrogens is 271 g/mol. The molecule has 0 radical (unpaired) electrons. The summed E-state index contributed by atoms with van der Waals surface area (Å²) in [7, 11) is 0. The van der Waals surface area contributed by atoms with Crippen molar-refractivity contribution in [3.05, 3.63) is 63.8 Å². The second-order valence-corrected chi connectivity index (χ2v) is 4.00. The van der Waals surface area contributed by atoms with Crippen LogP contribution < -0.4 is 5.56 Å². The number of aromatic nitrogens is 2. The van der Waals surface area contributed by atoms with E-state index in [9.17, 15) is 18.0 Å². The molecule has 0 N–H and O–H groups in total. The molecule has 0 amide bonds. The van der Waals surface area contributed by atoms with E-state index in [1.54, 1.807) is 6.07 Å². The molecule has 0 saturated carbocycles. The van der Waals surface area contributed by atoms with Crippen LogP contribution in [0.5, 0.6) is 0 Å².